The van der Waals surface area contributed by atoms with Crippen LogP contribution in [0.5, 0.6) is 0 Å². The van der Waals surface area contributed by atoms with Gasteiger partial charge >= 0.3 is 0 Å². The number of hydrogen-bond donors (Lipinski definition) is 1. The Morgan fingerprint density at radius 3 is 2.89 bits per heavy atom. The zero-order valence-corrected chi connectivity index (χ0v) is 12.2. The van der Waals surface area contributed by atoms with Crippen LogP contribution in [0.3, 0.4) is 0 Å². The zero-order chi connectivity index (χ0) is 13.1. The Kier molecular flexibility index (Phi) is 4.14. The van der Waals surface area contributed by atoms with E-state index in [1.165, 1.54) is 0 Å². The van der Waals surface area contributed by atoms with Gasteiger partial charge in [-0.15, -0.1) is 0 Å². The minimum atomic E-state index is -0.0373. The first kappa shape index (κ1) is 13.2. The summed E-state index contributed by atoms with van der Waals surface area (Å²) in [5, 5.41) is 4.42. The summed E-state index contributed by atoms with van der Waals surface area (Å²) < 4.78 is 2.81. The second-order valence-corrected chi connectivity index (χ2v) is 5.30. The van der Waals surface area contributed by atoms with Crippen molar-refractivity contribution in [2.75, 3.05) is 0 Å². The molecule has 0 spiro atoms. The second-order valence-electron chi connectivity index (χ2n) is 4.38. The molecule has 0 amide bonds. The zero-order valence-electron chi connectivity index (χ0n) is 10.6. The predicted octanol–water partition coefficient (Wildman–Crippen LogP) is 2.38. The van der Waals surface area contributed by atoms with Gasteiger partial charge in [-0.05, 0) is 40.4 Å². The molecule has 2 heterocycles. The lowest BCUT2D eigenvalue weighted by molar-refractivity contribution is 0.709. The number of aryl methyl sites for hydroxylation is 2. The van der Waals surface area contributed by atoms with Gasteiger partial charge in [0.2, 0.25) is 0 Å². The molecule has 1 atom stereocenters. The van der Waals surface area contributed by atoms with Gasteiger partial charge in [-0.2, -0.15) is 5.10 Å². The van der Waals surface area contributed by atoms with E-state index in [-0.39, 0.29) is 6.04 Å². The Morgan fingerprint density at radius 1 is 1.44 bits per heavy atom. The van der Waals surface area contributed by atoms with Crippen LogP contribution in [0.4, 0.5) is 0 Å². The highest BCUT2D eigenvalue weighted by Gasteiger charge is 2.14. The summed E-state index contributed by atoms with van der Waals surface area (Å²) in [7, 11) is 1.93. The number of nitrogens with two attached hydrogens (primary N) is 1. The smallest absolute Gasteiger partial charge is 0.0669 e. The lowest BCUT2D eigenvalue weighted by atomic mass is 10.0. The van der Waals surface area contributed by atoms with E-state index in [0.717, 1.165) is 34.1 Å². The van der Waals surface area contributed by atoms with E-state index in [1.54, 1.807) is 6.20 Å². The van der Waals surface area contributed by atoms with Crippen LogP contribution in [0.15, 0.2) is 29.1 Å². The Bertz CT molecular complexity index is 536. The molecule has 0 bridgehead atoms. The van der Waals surface area contributed by atoms with Gasteiger partial charge in [0.05, 0.1) is 5.69 Å². The van der Waals surface area contributed by atoms with Gasteiger partial charge in [-0.1, -0.05) is 6.92 Å². The fraction of sp³-hybridized carbons (Fsp3) is 0.385. The van der Waals surface area contributed by atoms with E-state index < -0.39 is 0 Å². The lowest BCUT2D eigenvalue weighted by Gasteiger charge is -2.11. The van der Waals surface area contributed by atoms with E-state index >= 15 is 0 Å². The largest absolute Gasteiger partial charge is 0.324 e. The molecule has 0 aliphatic rings. The van der Waals surface area contributed by atoms with E-state index in [9.17, 15) is 0 Å². The minimum Gasteiger partial charge on any atom is -0.324 e. The number of hydrogen-bond acceptors (Lipinski definition) is 3. The molecule has 0 radical (unpaired) electrons. The van der Waals surface area contributed by atoms with Crippen LogP contribution in [0.25, 0.3) is 0 Å². The molecule has 2 N–H and O–H groups in total. The third kappa shape index (κ3) is 2.97. The Labute approximate surface area is 115 Å². The van der Waals surface area contributed by atoms with Crippen molar-refractivity contribution in [3.63, 3.8) is 0 Å². The summed E-state index contributed by atoms with van der Waals surface area (Å²) in [5.41, 5.74) is 9.60. The number of pyridine rings is 1. The number of nitrogens with zero attached hydrogens (tertiary/aromatic N) is 3. The molecule has 0 saturated heterocycles. The van der Waals surface area contributed by atoms with Crippen molar-refractivity contribution < 1.29 is 0 Å². The standard InChI is InChI=1S/C13H17BrN4/c1-3-13-11(8-18(2)17-13)12(15)5-9-4-10(14)7-16-6-9/h4,6-8,12H,3,5,15H2,1-2H3. The van der Waals surface area contributed by atoms with Crippen molar-refractivity contribution >= 4 is 15.9 Å². The number of halogens is 1. The van der Waals surface area contributed by atoms with Gasteiger partial charge < -0.3 is 5.73 Å². The first-order valence-electron chi connectivity index (χ1n) is 5.97. The molecule has 0 saturated carbocycles. The molecule has 2 aromatic rings. The maximum absolute atomic E-state index is 6.27. The molecule has 5 heteroatoms. The van der Waals surface area contributed by atoms with Gasteiger partial charge in [0.1, 0.15) is 0 Å². The molecule has 0 aromatic carbocycles. The average Bonchev–Trinajstić information content (AvgIpc) is 2.70. The molecule has 0 fully saturated rings. The van der Waals surface area contributed by atoms with Crippen molar-refractivity contribution in [1.82, 2.24) is 14.8 Å². The Hall–Kier alpha value is -1.20. The predicted molar refractivity (Wildman–Crippen MR) is 75.2 cm³/mol. The molecule has 2 aromatic heterocycles. The van der Waals surface area contributed by atoms with Crippen molar-refractivity contribution in [3.05, 3.63) is 46.0 Å². The molecule has 1 unspecified atom stereocenters. The van der Waals surface area contributed by atoms with Crippen molar-refractivity contribution in [3.8, 4) is 0 Å². The molecule has 18 heavy (non-hydrogen) atoms. The Morgan fingerprint density at radius 2 is 2.22 bits per heavy atom. The van der Waals surface area contributed by atoms with Gasteiger partial charge in [0.25, 0.3) is 0 Å². The topological polar surface area (TPSA) is 56.7 Å². The molecule has 0 aliphatic heterocycles. The average molecular weight is 309 g/mol. The maximum atomic E-state index is 6.27. The highest BCUT2D eigenvalue weighted by atomic mass is 79.9. The van der Waals surface area contributed by atoms with Crippen molar-refractivity contribution in [2.45, 2.75) is 25.8 Å². The SMILES string of the molecule is CCc1nn(C)cc1C(N)Cc1cncc(Br)c1. The van der Waals surface area contributed by atoms with Crippen molar-refractivity contribution in [2.24, 2.45) is 12.8 Å². The summed E-state index contributed by atoms with van der Waals surface area (Å²) in [4.78, 5) is 4.16. The van der Waals surface area contributed by atoms with Gasteiger partial charge in [0.15, 0.2) is 0 Å². The van der Waals surface area contributed by atoms with Gasteiger partial charge in [-0.25, -0.2) is 0 Å². The van der Waals surface area contributed by atoms with Crippen LogP contribution in [0, 0.1) is 0 Å². The molecular formula is C13H17BrN4. The fourth-order valence-electron chi connectivity index (χ4n) is 2.07. The fourth-order valence-corrected chi connectivity index (χ4v) is 2.48. The van der Waals surface area contributed by atoms with E-state index in [0.29, 0.717) is 0 Å². The van der Waals surface area contributed by atoms with E-state index in [1.807, 2.05) is 24.1 Å². The molecule has 4 nitrogen and oxygen atoms in total. The lowest BCUT2D eigenvalue weighted by Crippen LogP contribution is -2.14. The van der Waals surface area contributed by atoms with Crippen LogP contribution >= 0.6 is 15.9 Å². The van der Waals surface area contributed by atoms with Crippen LogP contribution in [0.1, 0.15) is 29.8 Å². The molecular weight excluding hydrogens is 292 g/mol. The third-order valence-corrected chi connectivity index (χ3v) is 3.32. The quantitative estimate of drug-likeness (QED) is 0.943. The van der Waals surface area contributed by atoms with Gasteiger partial charge in [-0.3, -0.25) is 9.67 Å². The summed E-state index contributed by atoms with van der Waals surface area (Å²) >= 11 is 3.42. The van der Waals surface area contributed by atoms with Crippen LogP contribution < -0.4 is 5.73 Å². The van der Waals surface area contributed by atoms with Crippen molar-refractivity contribution in [1.29, 1.82) is 0 Å². The third-order valence-electron chi connectivity index (χ3n) is 2.89. The van der Waals surface area contributed by atoms with Crippen LogP contribution in [0.2, 0.25) is 0 Å². The summed E-state index contributed by atoms with van der Waals surface area (Å²) in [6.45, 7) is 2.10. The first-order valence-corrected chi connectivity index (χ1v) is 6.77. The number of aromatic nitrogens is 3. The summed E-state index contributed by atoms with van der Waals surface area (Å²) in [6, 6.07) is 2.01. The van der Waals surface area contributed by atoms with Crippen LogP contribution in [-0.4, -0.2) is 14.8 Å². The highest BCUT2D eigenvalue weighted by molar-refractivity contribution is 9.10. The maximum Gasteiger partial charge on any atom is 0.0669 e. The molecule has 96 valence electrons. The number of rotatable bonds is 4. The normalized spacial score (nSPS) is 12.7. The van der Waals surface area contributed by atoms with Gasteiger partial charge in [0, 0.05) is 41.7 Å². The second kappa shape index (κ2) is 5.63. The van der Waals surface area contributed by atoms with E-state index in [4.69, 9.17) is 5.73 Å². The van der Waals surface area contributed by atoms with Crippen LogP contribution in [-0.2, 0) is 19.9 Å². The highest BCUT2D eigenvalue weighted by Crippen LogP contribution is 2.20. The summed E-state index contributed by atoms with van der Waals surface area (Å²) in [5.74, 6) is 0. The Balaban J connectivity index is 2.18. The monoisotopic (exact) mass is 308 g/mol. The summed E-state index contributed by atoms with van der Waals surface area (Å²) in [6.07, 6.45) is 7.31. The molecule has 0 aliphatic carbocycles. The molecule has 2 rings (SSSR count). The first-order chi connectivity index (χ1) is 8.60. The van der Waals surface area contributed by atoms with E-state index in [2.05, 4.69) is 39.0 Å². The minimum absolute atomic E-state index is 0.0373.